The SMILES string of the molecule is CCCCc1nc2c(N)nc3ccccc3c2n1Cc1ccc(CNC(=O)CCN2C(=O)C=CC2=O)cc1. The van der Waals surface area contributed by atoms with Crippen LogP contribution in [0.2, 0.25) is 0 Å². The minimum atomic E-state index is -0.381. The minimum absolute atomic E-state index is 0.0669. The topological polar surface area (TPSA) is 123 Å². The maximum atomic E-state index is 12.2. The number of nitrogen functional groups attached to an aromatic ring is 1. The van der Waals surface area contributed by atoms with Crippen molar-refractivity contribution in [3.8, 4) is 0 Å². The van der Waals surface area contributed by atoms with Crippen LogP contribution in [-0.2, 0) is 33.9 Å². The van der Waals surface area contributed by atoms with E-state index in [-0.39, 0.29) is 30.7 Å². The average Bonchev–Trinajstić information content (AvgIpc) is 3.45. The average molecular weight is 511 g/mol. The van der Waals surface area contributed by atoms with Crippen LogP contribution >= 0.6 is 0 Å². The third kappa shape index (κ3) is 5.13. The standard InChI is InChI=1S/C29H30N6O3/c1-2-3-8-23-33-27-28(21-6-4-5-7-22(21)32-29(27)30)35(23)18-20-11-9-19(10-12-20)17-31-24(36)15-16-34-25(37)13-14-26(34)38/h4-7,9-14H,2-3,8,15-18H2,1H3,(H2,30,32)(H,31,36). The molecule has 0 saturated heterocycles. The zero-order valence-electron chi connectivity index (χ0n) is 21.3. The molecule has 0 radical (unpaired) electrons. The number of imide groups is 1. The molecule has 4 aromatic rings. The number of carbonyl (C=O) groups is 3. The first-order chi connectivity index (χ1) is 18.4. The van der Waals surface area contributed by atoms with Crippen LogP contribution in [0, 0.1) is 0 Å². The number of nitrogens with zero attached hydrogens (tertiary/aromatic N) is 4. The molecule has 3 amide bonds. The van der Waals surface area contributed by atoms with Crippen molar-refractivity contribution in [1.29, 1.82) is 0 Å². The molecule has 0 fully saturated rings. The smallest absolute Gasteiger partial charge is 0.253 e. The first kappa shape index (κ1) is 25.1. The summed E-state index contributed by atoms with van der Waals surface area (Å²) in [6.45, 7) is 3.24. The number of fused-ring (bicyclic) bond motifs is 3. The Hall–Kier alpha value is -4.53. The molecule has 1 aliphatic rings. The Balaban J connectivity index is 1.30. The quantitative estimate of drug-likeness (QED) is 0.315. The predicted molar refractivity (Wildman–Crippen MR) is 146 cm³/mol. The molecule has 3 N–H and O–H groups in total. The van der Waals surface area contributed by atoms with Gasteiger partial charge in [-0.3, -0.25) is 19.3 Å². The van der Waals surface area contributed by atoms with Gasteiger partial charge < -0.3 is 15.6 Å². The zero-order chi connectivity index (χ0) is 26.6. The number of para-hydroxylation sites is 1. The van der Waals surface area contributed by atoms with Crippen molar-refractivity contribution in [2.45, 2.75) is 45.7 Å². The number of carbonyl (C=O) groups excluding carboxylic acids is 3. The highest BCUT2D eigenvalue weighted by molar-refractivity contribution is 6.13. The van der Waals surface area contributed by atoms with Gasteiger partial charge in [-0.1, -0.05) is 55.8 Å². The first-order valence-corrected chi connectivity index (χ1v) is 12.9. The largest absolute Gasteiger partial charge is 0.382 e. The number of aryl methyl sites for hydroxylation is 1. The number of amides is 3. The number of hydrogen-bond donors (Lipinski definition) is 2. The molecule has 194 valence electrons. The molecular formula is C29H30N6O3. The van der Waals surface area contributed by atoms with E-state index in [1.54, 1.807) is 0 Å². The normalized spacial score (nSPS) is 13.2. The summed E-state index contributed by atoms with van der Waals surface area (Å²) >= 11 is 0. The lowest BCUT2D eigenvalue weighted by molar-refractivity contribution is -0.137. The molecule has 0 unspecified atom stereocenters. The Morgan fingerprint density at radius 1 is 0.974 bits per heavy atom. The van der Waals surface area contributed by atoms with Crippen LogP contribution in [0.4, 0.5) is 5.82 Å². The molecule has 0 aliphatic carbocycles. The van der Waals surface area contributed by atoms with Crippen molar-refractivity contribution in [1.82, 2.24) is 24.8 Å². The van der Waals surface area contributed by atoms with Gasteiger partial charge in [-0.2, -0.15) is 0 Å². The summed E-state index contributed by atoms with van der Waals surface area (Å²) in [6, 6.07) is 16.1. The van der Waals surface area contributed by atoms with Crippen molar-refractivity contribution >= 4 is 45.5 Å². The number of nitrogens with two attached hydrogens (primary N) is 1. The molecule has 1 aliphatic heterocycles. The summed E-state index contributed by atoms with van der Waals surface area (Å²) < 4.78 is 2.25. The fourth-order valence-corrected chi connectivity index (χ4v) is 4.70. The lowest BCUT2D eigenvalue weighted by atomic mass is 10.1. The van der Waals surface area contributed by atoms with E-state index in [4.69, 9.17) is 10.7 Å². The maximum Gasteiger partial charge on any atom is 0.253 e. The summed E-state index contributed by atoms with van der Waals surface area (Å²) in [4.78, 5) is 46.0. The summed E-state index contributed by atoms with van der Waals surface area (Å²) in [6.07, 6.45) is 5.46. The van der Waals surface area contributed by atoms with Crippen molar-refractivity contribution in [2.24, 2.45) is 0 Å². The number of pyridine rings is 1. The zero-order valence-corrected chi connectivity index (χ0v) is 21.3. The van der Waals surface area contributed by atoms with Gasteiger partial charge in [0.25, 0.3) is 11.8 Å². The van der Waals surface area contributed by atoms with E-state index in [2.05, 4.69) is 40.0 Å². The third-order valence-corrected chi connectivity index (χ3v) is 6.76. The predicted octanol–water partition coefficient (Wildman–Crippen LogP) is 3.49. The van der Waals surface area contributed by atoms with E-state index in [1.165, 1.54) is 12.2 Å². The number of rotatable bonds is 10. The molecular weight excluding hydrogens is 480 g/mol. The summed E-state index contributed by atoms with van der Waals surface area (Å²) in [5.74, 6) is 0.456. The second-order valence-corrected chi connectivity index (χ2v) is 9.43. The number of imidazole rings is 1. The van der Waals surface area contributed by atoms with E-state index in [0.29, 0.717) is 18.9 Å². The molecule has 2 aromatic heterocycles. The van der Waals surface area contributed by atoms with Gasteiger partial charge in [0.15, 0.2) is 5.82 Å². The van der Waals surface area contributed by atoms with E-state index in [0.717, 1.165) is 63.1 Å². The Kier molecular flexibility index (Phi) is 7.17. The van der Waals surface area contributed by atoms with Gasteiger partial charge in [0.1, 0.15) is 11.3 Å². The first-order valence-electron chi connectivity index (χ1n) is 12.9. The minimum Gasteiger partial charge on any atom is -0.382 e. The van der Waals surface area contributed by atoms with Crippen molar-refractivity contribution in [3.63, 3.8) is 0 Å². The monoisotopic (exact) mass is 510 g/mol. The molecule has 0 spiro atoms. The molecule has 3 heterocycles. The van der Waals surface area contributed by atoms with E-state index in [9.17, 15) is 14.4 Å². The van der Waals surface area contributed by atoms with Gasteiger partial charge >= 0.3 is 0 Å². The second-order valence-electron chi connectivity index (χ2n) is 9.43. The molecule has 9 nitrogen and oxygen atoms in total. The van der Waals surface area contributed by atoms with Gasteiger partial charge in [-0.25, -0.2) is 9.97 Å². The Bertz CT molecular complexity index is 1540. The number of nitrogens with one attached hydrogen (secondary N) is 1. The van der Waals surface area contributed by atoms with E-state index >= 15 is 0 Å². The lowest BCUT2D eigenvalue weighted by Crippen LogP contribution is -2.34. The van der Waals surface area contributed by atoms with Crippen LogP contribution in [0.25, 0.3) is 21.9 Å². The van der Waals surface area contributed by atoms with Gasteiger partial charge in [0.05, 0.1) is 11.0 Å². The molecule has 2 aromatic carbocycles. The van der Waals surface area contributed by atoms with Crippen LogP contribution in [-0.4, -0.2) is 43.7 Å². The number of unbranched alkanes of at least 4 members (excludes halogenated alkanes) is 1. The van der Waals surface area contributed by atoms with Gasteiger partial charge in [0, 0.05) is 50.0 Å². The van der Waals surface area contributed by atoms with E-state index in [1.807, 2.05) is 30.3 Å². The molecule has 0 atom stereocenters. The fraction of sp³-hybridized carbons (Fsp3) is 0.276. The Morgan fingerprint density at radius 3 is 2.42 bits per heavy atom. The van der Waals surface area contributed by atoms with Crippen LogP contribution in [0.3, 0.4) is 0 Å². The summed E-state index contributed by atoms with van der Waals surface area (Å²) in [7, 11) is 0. The third-order valence-electron chi connectivity index (χ3n) is 6.76. The highest BCUT2D eigenvalue weighted by Crippen LogP contribution is 2.30. The van der Waals surface area contributed by atoms with Gasteiger partial charge in [-0.15, -0.1) is 0 Å². The van der Waals surface area contributed by atoms with Crippen molar-refractivity contribution < 1.29 is 14.4 Å². The van der Waals surface area contributed by atoms with Gasteiger partial charge in [0.2, 0.25) is 5.91 Å². The number of benzene rings is 2. The number of anilines is 1. The Morgan fingerprint density at radius 2 is 1.68 bits per heavy atom. The highest BCUT2D eigenvalue weighted by Gasteiger charge is 2.23. The van der Waals surface area contributed by atoms with Crippen LogP contribution in [0.15, 0.2) is 60.7 Å². The van der Waals surface area contributed by atoms with Crippen LogP contribution < -0.4 is 11.1 Å². The highest BCUT2D eigenvalue weighted by atomic mass is 16.2. The molecule has 5 rings (SSSR count). The maximum absolute atomic E-state index is 12.2. The number of hydrogen-bond acceptors (Lipinski definition) is 6. The lowest BCUT2D eigenvalue weighted by Gasteiger charge is -2.13. The molecule has 38 heavy (non-hydrogen) atoms. The van der Waals surface area contributed by atoms with E-state index < -0.39 is 0 Å². The number of aromatic nitrogens is 3. The Labute approximate surface area is 220 Å². The van der Waals surface area contributed by atoms with Crippen LogP contribution in [0.5, 0.6) is 0 Å². The molecule has 9 heteroatoms. The van der Waals surface area contributed by atoms with Gasteiger partial charge in [-0.05, 0) is 23.6 Å². The second kappa shape index (κ2) is 10.8. The molecule has 0 saturated carbocycles. The summed E-state index contributed by atoms with van der Waals surface area (Å²) in [5.41, 5.74) is 11.0. The fourth-order valence-electron chi connectivity index (χ4n) is 4.70. The van der Waals surface area contributed by atoms with Crippen molar-refractivity contribution in [3.05, 3.63) is 77.6 Å². The van der Waals surface area contributed by atoms with Crippen LogP contribution in [0.1, 0.15) is 43.1 Å². The summed E-state index contributed by atoms with van der Waals surface area (Å²) in [5, 5.41) is 3.88. The van der Waals surface area contributed by atoms with Crippen molar-refractivity contribution in [2.75, 3.05) is 12.3 Å². The molecule has 0 bridgehead atoms.